The van der Waals surface area contributed by atoms with Crippen LogP contribution in [0.3, 0.4) is 0 Å². The molecular formula is C21H23NO3. The third-order valence-electron chi connectivity index (χ3n) is 4.60. The lowest BCUT2D eigenvalue weighted by atomic mass is 9.90. The Kier molecular flexibility index (Phi) is 4.91. The largest absolute Gasteiger partial charge is 0.474 e. The van der Waals surface area contributed by atoms with Gasteiger partial charge in [-0.2, -0.15) is 0 Å². The molecular weight excluding hydrogens is 314 g/mol. The first-order valence-electron chi connectivity index (χ1n) is 8.33. The Labute approximate surface area is 148 Å². The predicted molar refractivity (Wildman–Crippen MR) is 97.5 cm³/mol. The Hall–Kier alpha value is -2.59. The first-order chi connectivity index (χ1) is 12.1. The van der Waals surface area contributed by atoms with E-state index in [1.54, 1.807) is 12.0 Å². The van der Waals surface area contributed by atoms with E-state index in [0.717, 1.165) is 11.1 Å². The fourth-order valence-corrected chi connectivity index (χ4v) is 3.08. The number of amides is 1. The summed E-state index contributed by atoms with van der Waals surface area (Å²) in [5.74, 6) is 0.539. The van der Waals surface area contributed by atoms with Crippen LogP contribution in [0.2, 0.25) is 0 Å². The summed E-state index contributed by atoms with van der Waals surface area (Å²) in [4.78, 5) is 15.1. The monoisotopic (exact) mass is 337 g/mol. The highest BCUT2D eigenvalue weighted by molar-refractivity contribution is 6.20. The van der Waals surface area contributed by atoms with Gasteiger partial charge >= 0.3 is 0 Å². The smallest absolute Gasteiger partial charge is 0.261 e. The van der Waals surface area contributed by atoms with Crippen LogP contribution in [0, 0.1) is 0 Å². The van der Waals surface area contributed by atoms with E-state index in [9.17, 15) is 4.79 Å². The van der Waals surface area contributed by atoms with Crippen molar-refractivity contribution < 1.29 is 14.3 Å². The van der Waals surface area contributed by atoms with E-state index >= 15 is 0 Å². The van der Waals surface area contributed by atoms with Crippen LogP contribution in [0.4, 0.5) is 0 Å². The summed E-state index contributed by atoms with van der Waals surface area (Å²) in [7, 11) is 1.60. The van der Waals surface area contributed by atoms with Crippen LogP contribution in [0.1, 0.15) is 25.0 Å². The van der Waals surface area contributed by atoms with Crippen LogP contribution in [-0.4, -0.2) is 31.3 Å². The molecule has 4 nitrogen and oxygen atoms in total. The maximum atomic E-state index is 13.4. The number of rotatable bonds is 5. The molecule has 0 N–H and O–H groups in total. The van der Waals surface area contributed by atoms with Gasteiger partial charge in [-0.25, -0.2) is 0 Å². The second-order valence-corrected chi connectivity index (χ2v) is 6.53. The molecule has 0 saturated heterocycles. The van der Waals surface area contributed by atoms with Gasteiger partial charge in [0.2, 0.25) is 0 Å². The Balaban J connectivity index is 2.02. The average molecular weight is 337 g/mol. The Bertz CT molecular complexity index is 766. The summed E-state index contributed by atoms with van der Waals surface area (Å²) in [5, 5.41) is 0. The molecule has 0 saturated carbocycles. The molecule has 0 bridgehead atoms. The summed E-state index contributed by atoms with van der Waals surface area (Å²) < 4.78 is 11.2. The molecule has 2 aromatic carbocycles. The maximum absolute atomic E-state index is 13.4. The van der Waals surface area contributed by atoms with E-state index in [1.807, 2.05) is 74.5 Å². The van der Waals surface area contributed by atoms with Crippen molar-refractivity contribution in [2.75, 3.05) is 20.4 Å². The Morgan fingerprint density at radius 2 is 1.64 bits per heavy atom. The fourth-order valence-electron chi connectivity index (χ4n) is 3.08. The van der Waals surface area contributed by atoms with E-state index in [-0.39, 0.29) is 19.2 Å². The van der Waals surface area contributed by atoms with Crippen molar-refractivity contribution in [3.8, 4) is 0 Å². The molecule has 1 amide bonds. The minimum absolute atomic E-state index is 0.0432. The topological polar surface area (TPSA) is 38.8 Å². The van der Waals surface area contributed by atoms with Crippen molar-refractivity contribution >= 4 is 11.5 Å². The fraction of sp³-hybridized carbons (Fsp3) is 0.286. The second-order valence-electron chi connectivity index (χ2n) is 6.53. The molecule has 0 unspecified atom stereocenters. The van der Waals surface area contributed by atoms with Crippen LogP contribution in [-0.2, 0) is 19.8 Å². The zero-order valence-electron chi connectivity index (χ0n) is 14.9. The molecule has 0 fully saturated rings. The quantitative estimate of drug-likeness (QED) is 0.833. The van der Waals surface area contributed by atoms with Crippen molar-refractivity contribution in [1.29, 1.82) is 0 Å². The molecule has 2 aromatic rings. The van der Waals surface area contributed by atoms with Gasteiger partial charge < -0.3 is 9.47 Å². The molecule has 0 aliphatic carbocycles. The summed E-state index contributed by atoms with van der Waals surface area (Å²) in [5.41, 5.74) is 1.98. The number of carbonyl (C=O) groups is 1. The van der Waals surface area contributed by atoms with Crippen LogP contribution in [0.5, 0.6) is 0 Å². The van der Waals surface area contributed by atoms with Crippen LogP contribution >= 0.6 is 0 Å². The number of hydrogen-bond acceptors (Lipinski definition) is 3. The van der Waals surface area contributed by atoms with E-state index in [0.29, 0.717) is 11.3 Å². The number of methoxy groups -OCH3 is 1. The van der Waals surface area contributed by atoms with Crippen molar-refractivity contribution in [2.24, 2.45) is 0 Å². The van der Waals surface area contributed by atoms with E-state index in [2.05, 4.69) is 0 Å². The number of nitrogens with zero attached hydrogens (tertiary/aromatic N) is 1. The van der Waals surface area contributed by atoms with Gasteiger partial charge in [-0.3, -0.25) is 9.69 Å². The average Bonchev–Trinajstić information content (AvgIpc) is 2.63. The first kappa shape index (κ1) is 17.2. The standard InChI is InChI=1S/C21H23NO3/c1-21(2,17-12-8-5-9-13-17)22-15-25-18(14-24-3)19(20(22)23)16-10-6-4-7-11-16/h4-13H,14-15H2,1-3H3. The minimum Gasteiger partial charge on any atom is -0.474 e. The van der Waals surface area contributed by atoms with E-state index in [4.69, 9.17) is 9.47 Å². The van der Waals surface area contributed by atoms with Crippen LogP contribution in [0.15, 0.2) is 66.4 Å². The zero-order chi connectivity index (χ0) is 17.9. The molecule has 3 rings (SSSR count). The van der Waals surface area contributed by atoms with Gasteiger partial charge in [0.1, 0.15) is 12.4 Å². The first-order valence-corrected chi connectivity index (χ1v) is 8.33. The van der Waals surface area contributed by atoms with Gasteiger partial charge in [0.05, 0.1) is 11.1 Å². The lowest BCUT2D eigenvalue weighted by molar-refractivity contribution is -0.140. The molecule has 0 radical (unpaired) electrons. The number of hydrogen-bond donors (Lipinski definition) is 0. The van der Waals surface area contributed by atoms with Crippen molar-refractivity contribution in [1.82, 2.24) is 4.90 Å². The zero-order valence-corrected chi connectivity index (χ0v) is 14.9. The normalized spacial score (nSPS) is 15.3. The minimum atomic E-state index is -0.489. The highest BCUT2D eigenvalue weighted by Crippen LogP contribution is 2.35. The third-order valence-corrected chi connectivity index (χ3v) is 4.60. The van der Waals surface area contributed by atoms with Crippen molar-refractivity contribution in [2.45, 2.75) is 19.4 Å². The van der Waals surface area contributed by atoms with Gasteiger partial charge in [0, 0.05) is 7.11 Å². The molecule has 25 heavy (non-hydrogen) atoms. The molecule has 130 valence electrons. The molecule has 1 aliphatic rings. The molecule has 1 aliphatic heterocycles. The molecule has 0 atom stereocenters. The second kappa shape index (κ2) is 7.11. The highest BCUT2D eigenvalue weighted by Gasteiger charge is 2.39. The SMILES string of the molecule is COCC1=C(c2ccccc2)C(=O)N(C(C)(C)c2ccccc2)CO1. The summed E-state index contributed by atoms with van der Waals surface area (Å²) >= 11 is 0. The van der Waals surface area contributed by atoms with Gasteiger partial charge in [-0.05, 0) is 25.0 Å². The van der Waals surface area contributed by atoms with Gasteiger partial charge in [-0.1, -0.05) is 60.7 Å². The Morgan fingerprint density at radius 3 is 2.24 bits per heavy atom. The Morgan fingerprint density at radius 1 is 1.04 bits per heavy atom. The van der Waals surface area contributed by atoms with E-state index < -0.39 is 5.54 Å². The van der Waals surface area contributed by atoms with Crippen LogP contribution in [0.25, 0.3) is 5.57 Å². The van der Waals surface area contributed by atoms with E-state index in [1.165, 1.54) is 0 Å². The van der Waals surface area contributed by atoms with Gasteiger partial charge in [0.15, 0.2) is 6.73 Å². The molecule has 4 heteroatoms. The maximum Gasteiger partial charge on any atom is 0.261 e. The predicted octanol–water partition coefficient (Wildman–Crippen LogP) is 3.80. The number of carbonyl (C=O) groups excluding carboxylic acids is 1. The summed E-state index contributed by atoms with van der Waals surface area (Å²) in [6.07, 6.45) is 0. The van der Waals surface area contributed by atoms with Crippen molar-refractivity contribution in [3.05, 3.63) is 77.5 Å². The van der Waals surface area contributed by atoms with Gasteiger partial charge in [0.25, 0.3) is 5.91 Å². The molecule has 0 aromatic heterocycles. The molecule has 0 spiro atoms. The summed E-state index contributed by atoms with van der Waals surface area (Å²) in [6.45, 7) is 4.55. The third kappa shape index (κ3) is 3.30. The summed E-state index contributed by atoms with van der Waals surface area (Å²) in [6, 6.07) is 19.6. The number of benzene rings is 2. The molecule has 1 heterocycles. The highest BCUT2D eigenvalue weighted by atomic mass is 16.5. The van der Waals surface area contributed by atoms with Crippen molar-refractivity contribution in [3.63, 3.8) is 0 Å². The lowest BCUT2D eigenvalue weighted by Crippen LogP contribution is -2.49. The van der Waals surface area contributed by atoms with Gasteiger partial charge in [-0.15, -0.1) is 0 Å². The number of ether oxygens (including phenoxy) is 2. The lowest BCUT2D eigenvalue weighted by Gasteiger charge is -2.42. The van der Waals surface area contributed by atoms with Crippen LogP contribution < -0.4 is 0 Å².